The standard InChI is InChI=1S/C22H17FN2O/c23-18-12-13-19-20(14-18)25-22(24-19)21(26)17-10-8-16(9-11-17)7-6-15-4-2-1-3-5-15/h1-14,21,26H,(H,24,25)/b7-6+. The van der Waals surface area contributed by atoms with Gasteiger partial charge in [0.25, 0.3) is 0 Å². The van der Waals surface area contributed by atoms with Gasteiger partial charge >= 0.3 is 0 Å². The summed E-state index contributed by atoms with van der Waals surface area (Å²) in [7, 11) is 0. The maximum absolute atomic E-state index is 13.3. The second kappa shape index (κ2) is 6.94. The van der Waals surface area contributed by atoms with E-state index in [1.807, 2.05) is 66.7 Å². The molecule has 0 aliphatic carbocycles. The lowest BCUT2D eigenvalue weighted by atomic mass is 10.1. The van der Waals surface area contributed by atoms with Crippen LogP contribution in [0.15, 0.2) is 72.8 Å². The van der Waals surface area contributed by atoms with E-state index in [1.54, 1.807) is 6.07 Å². The highest BCUT2D eigenvalue weighted by atomic mass is 19.1. The summed E-state index contributed by atoms with van der Waals surface area (Å²) in [5.41, 5.74) is 4.09. The van der Waals surface area contributed by atoms with Gasteiger partial charge in [-0.2, -0.15) is 0 Å². The van der Waals surface area contributed by atoms with Crippen LogP contribution in [0.2, 0.25) is 0 Å². The molecule has 26 heavy (non-hydrogen) atoms. The van der Waals surface area contributed by atoms with Crippen LogP contribution in [0.1, 0.15) is 28.6 Å². The summed E-state index contributed by atoms with van der Waals surface area (Å²) >= 11 is 0. The lowest BCUT2D eigenvalue weighted by molar-refractivity contribution is 0.211. The van der Waals surface area contributed by atoms with Crippen molar-refractivity contribution in [3.8, 4) is 0 Å². The zero-order valence-electron chi connectivity index (χ0n) is 13.9. The van der Waals surface area contributed by atoms with E-state index in [0.717, 1.165) is 16.7 Å². The maximum atomic E-state index is 13.3. The van der Waals surface area contributed by atoms with Crippen molar-refractivity contribution in [2.24, 2.45) is 0 Å². The van der Waals surface area contributed by atoms with Crippen LogP contribution in [-0.2, 0) is 0 Å². The van der Waals surface area contributed by atoms with Gasteiger partial charge in [-0.15, -0.1) is 0 Å². The molecule has 4 aromatic rings. The van der Waals surface area contributed by atoms with E-state index in [0.29, 0.717) is 16.9 Å². The fourth-order valence-corrected chi connectivity index (χ4v) is 2.83. The Hall–Kier alpha value is -3.24. The molecule has 0 aliphatic heterocycles. The van der Waals surface area contributed by atoms with Crippen molar-refractivity contribution in [2.45, 2.75) is 6.10 Å². The summed E-state index contributed by atoms with van der Waals surface area (Å²) < 4.78 is 13.3. The lowest BCUT2D eigenvalue weighted by Gasteiger charge is -2.08. The summed E-state index contributed by atoms with van der Waals surface area (Å²) in [5.74, 6) is 0.0647. The summed E-state index contributed by atoms with van der Waals surface area (Å²) in [4.78, 5) is 7.32. The van der Waals surface area contributed by atoms with Crippen molar-refractivity contribution >= 4 is 23.2 Å². The fraction of sp³-hybridized carbons (Fsp3) is 0.0455. The van der Waals surface area contributed by atoms with Crippen LogP contribution < -0.4 is 0 Å². The molecule has 0 saturated carbocycles. The number of fused-ring (bicyclic) bond motifs is 1. The molecule has 2 N–H and O–H groups in total. The number of rotatable bonds is 4. The summed E-state index contributed by atoms with van der Waals surface area (Å²) in [5, 5.41) is 10.6. The number of aliphatic hydroxyl groups is 1. The molecule has 1 aromatic heterocycles. The number of hydrogen-bond acceptors (Lipinski definition) is 2. The van der Waals surface area contributed by atoms with Crippen LogP contribution in [0, 0.1) is 5.82 Å². The van der Waals surface area contributed by atoms with Gasteiger partial charge in [0.1, 0.15) is 17.7 Å². The molecule has 4 heteroatoms. The van der Waals surface area contributed by atoms with Crippen molar-refractivity contribution < 1.29 is 9.50 Å². The molecule has 0 saturated heterocycles. The number of nitrogens with zero attached hydrogens (tertiary/aromatic N) is 1. The average molecular weight is 344 g/mol. The van der Waals surface area contributed by atoms with Crippen LogP contribution in [0.3, 0.4) is 0 Å². The summed E-state index contributed by atoms with van der Waals surface area (Å²) in [6, 6.07) is 22.0. The minimum atomic E-state index is -0.891. The summed E-state index contributed by atoms with van der Waals surface area (Å²) in [6.07, 6.45) is 3.17. The summed E-state index contributed by atoms with van der Waals surface area (Å²) in [6.45, 7) is 0. The number of halogens is 1. The number of hydrogen-bond donors (Lipinski definition) is 2. The Morgan fingerprint density at radius 3 is 2.31 bits per heavy atom. The van der Waals surface area contributed by atoms with Crippen LogP contribution in [0.5, 0.6) is 0 Å². The molecule has 1 heterocycles. The van der Waals surface area contributed by atoms with Crippen LogP contribution >= 0.6 is 0 Å². The molecule has 0 aliphatic rings. The maximum Gasteiger partial charge on any atom is 0.140 e. The van der Waals surface area contributed by atoms with Gasteiger partial charge in [0, 0.05) is 0 Å². The van der Waals surface area contributed by atoms with Gasteiger partial charge < -0.3 is 10.1 Å². The second-order valence-corrected chi connectivity index (χ2v) is 6.10. The Morgan fingerprint density at radius 1 is 0.885 bits per heavy atom. The smallest absolute Gasteiger partial charge is 0.140 e. The molecule has 0 amide bonds. The van der Waals surface area contributed by atoms with Crippen molar-refractivity contribution in [2.75, 3.05) is 0 Å². The topological polar surface area (TPSA) is 48.9 Å². The van der Waals surface area contributed by atoms with Crippen molar-refractivity contribution in [1.29, 1.82) is 0 Å². The number of aromatic amines is 1. The first-order chi connectivity index (χ1) is 12.7. The molecular formula is C22H17FN2O. The monoisotopic (exact) mass is 344 g/mol. The highest BCUT2D eigenvalue weighted by molar-refractivity contribution is 5.75. The number of imidazole rings is 1. The largest absolute Gasteiger partial charge is 0.380 e. The van der Waals surface area contributed by atoms with E-state index in [4.69, 9.17) is 0 Å². The highest BCUT2D eigenvalue weighted by Gasteiger charge is 2.15. The SMILES string of the molecule is OC(c1ccc(/C=C/c2ccccc2)cc1)c1nc2ccc(F)cc2[nH]1. The number of aliphatic hydroxyl groups excluding tert-OH is 1. The van der Waals surface area contributed by atoms with E-state index < -0.39 is 6.10 Å². The van der Waals surface area contributed by atoms with Gasteiger partial charge in [-0.3, -0.25) is 0 Å². The first-order valence-electron chi connectivity index (χ1n) is 8.35. The van der Waals surface area contributed by atoms with Gasteiger partial charge in [0.05, 0.1) is 11.0 Å². The molecule has 0 spiro atoms. The molecule has 3 aromatic carbocycles. The highest BCUT2D eigenvalue weighted by Crippen LogP contribution is 2.23. The van der Waals surface area contributed by atoms with Gasteiger partial charge in [0.2, 0.25) is 0 Å². The number of H-pyrrole nitrogens is 1. The molecule has 128 valence electrons. The molecule has 1 unspecified atom stereocenters. The Balaban J connectivity index is 1.54. The Kier molecular flexibility index (Phi) is 4.33. The molecule has 1 atom stereocenters. The zero-order chi connectivity index (χ0) is 17.9. The third-order valence-corrected chi connectivity index (χ3v) is 4.24. The van der Waals surface area contributed by atoms with E-state index in [-0.39, 0.29) is 5.82 Å². The quantitative estimate of drug-likeness (QED) is 0.514. The number of nitrogens with one attached hydrogen (secondary N) is 1. The van der Waals surface area contributed by atoms with E-state index in [9.17, 15) is 9.50 Å². The molecule has 4 rings (SSSR count). The predicted octanol–water partition coefficient (Wildman–Crippen LogP) is 4.95. The predicted molar refractivity (Wildman–Crippen MR) is 102 cm³/mol. The minimum Gasteiger partial charge on any atom is -0.380 e. The Bertz CT molecular complexity index is 1050. The first kappa shape index (κ1) is 16.2. The normalized spacial score (nSPS) is 12.7. The van der Waals surface area contributed by atoms with Gasteiger partial charge in [-0.05, 0) is 34.9 Å². The number of benzene rings is 3. The van der Waals surface area contributed by atoms with Crippen molar-refractivity contribution in [3.05, 3.63) is 101 Å². The Labute approximate surface area is 150 Å². The van der Waals surface area contributed by atoms with Crippen molar-refractivity contribution in [3.63, 3.8) is 0 Å². The van der Waals surface area contributed by atoms with E-state index in [2.05, 4.69) is 9.97 Å². The molecule has 3 nitrogen and oxygen atoms in total. The van der Waals surface area contributed by atoms with Crippen LogP contribution in [0.4, 0.5) is 4.39 Å². The van der Waals surface area contributed by atoms with E-state index in [1.165, 1.54) is 12.1 Å². The van der Waals surface area contributed by atoms with Crippen LogP contribution in [0.25, 0.3) is 23.2 Å². The van der Waals surface area contributed by atoms with Gasteiger partial charge in [-0.25, -0.2) is 9.37 Å². The lowest BCUT2D eigenvalue weighted by Crippen LogP contribution is -2.01. The second-order valence-electron chi connectivity index (χ2n) is 6.10. The third kappa shape index (κ3) is 3.41. The first-order valence-corrected chi connectivity index (χ1v) is 8.35. The zero-order valence-corrected chi connectivity index (χ0v) is 13.9. The van der Waals surface area contributed by atoms with Gasteiger partial charge in [0.15, 0.2) is 0 Å². The molecule has 0 radical (unpaired) electrons. The molecule has 0 bridgehead atoms. The van der Waals surface area contributed by atoms with Crippen molar-refractivity contribution in [1.82, 2.24) is 9.97 Å². The van der Waals surface area contributed by atoms with Crippen LogP contribution in [-0.4, -0.2) is 15.1 Å². The minimum absolute atomic E-state index is 0.336. The van der Waals surface area contributed by atoms with Gasteiger partial charge in [-0.1, -0.05) is 66.7 Å². The number of aromatic nitrogens is 2. The Morgan fingerprint density at radius 2 is 1.58 bits per heavy atom. The van der Waals surface area contributed by atoms with E-state index >= 15 is 0 Å². The average Bonchev–Trinajstić information content (AvgIpc) is 3.10. The molecule has 0 fully saturated rings. The molecular weight excluding hydrogens is 327 g/mol. The third-order valence-electron chi connectivity index (χ3n) is 4.24. The fourth-order valence-electron chi connectivity index (χ4n) is 2.83.